The van der Waals surface area contributed by atoms with Crippen LogP contribution in [-0.2, 0) is 6.54 Å². The van der Waals surface area contributed by atoms with E-state index >= 15 is 0 Å². The average molecular weight is 339 g/mol. The first kappa shape index (κ1) is 16.2. The average Bonchev–Trinajstić information content (AvgIpc) is 3.26. The van der Waals surface area contributed by atoms with Crippen LogP contribution in [0.1, 0.15) is 44.3 Å². The van der Waals surface area contributed by atoms with Crippen LogP contribution in [0.5, 0.6) is 5.75 Å². The van der Waals surface area contributed by atoms with Crippen LogP contribution in [0.25, 0.3) is 10.9 Å². The molecule has 1 aliphatic heterocycles. The largest absolute Gasteiger partial charge is 0.490 e. The molecule has 0 aliphatic carbocycles. The highest BCUT2D eigenvalue weighted by molar-refractivity contribution is 5.85. The molecular formula is C20H25N3O2. The van der Waals surface area contributed by atoms with E-state index in [9.17, 15) is 0 Å². The third-order valence-corrected chi connectivity index (χ3v) is 4.88. The zero-order valence-electron chi connectivity index (χ0n) is 14.9. The van der Waals surface area contributed by atoms with Gasteiger partial charge < -0.3 is 14.1 Å². The SMILES string of the molecule is CC(C)c1cnc(CN2CCC(Oc3cccc4[nH]ccc34)CC2)o1. The van der Waals surface area contributed by atoms with Gasteiger partial charge in [0.05, 0.1) is 12.7 Å². The molecule has 0 spiro atoms. The molecule has 1 N–H and O–H groups in total. The Morgan fingerprint density at radius 1 is 1.28 bits per heavy atom. The van der Waals surface area contributed by atoms with Gasteiger partial charge in [-0.25, -0.2) is 4.98 Å². The zero-order chi connectivity index (χ0) is 17.2. The molecule has 0 radical (unpaired) electrons. The van der Waals surface area contributed by atoms with Crippen molar-refractivity contribution in [3.63, 3.8) is 0 Å². The lowest BCUT2D eigenvalue weighted by Gasteiger charge is -2.31. The highest BCUT2D eigenvalue weighted by Crippen LogP contribution is 2.28. The van der Waals surface area contributed by atoms with Crippen molar-refractivity contribution in [3.8, 4) is 5.75 Å². The molecule has 132 valence electrons. The monoisotopic (exact) mass is 339 g/mol. The van der Waals surface area contributed by atoms with Crippen LogP contribution in [0.3, 0.4) is 0 Å². The van der Waals surface area contributed by atoms with Crippen LogP contribution >= 0.6 is 0 Å². The fourth-order valence-corrected chi connectivity index (χ4v) is 3.38. The number of piperidine rings is 1. The number of hydrogen-bond donors (Lipinski definition) is 1. The van der Waals surface area contributed by atoms with Gasteiger partial charge in [-0.05, 0) is 31.0 Å². The second-order valence-corrected chi connectivity index (χ2v) is 7.10. The van der Waals surface area contributed by atoms with Crippen molar-refractivity contribution in [1.29, 1.82) is 0 Å². The summed E-state index contributed by atoms with van der Waals surface area (Å²) in [5.41, 5.74) is 1.12. The predicted octanol–water partition coefficient (Wildman–Crippen LogP) is 4.32. The van der Waals surface area contributed by atoms with Gasteiger partial charge in [0.2, 0.25) is 5.89 Å². The lowest BCUT2D eigenvalue weighted by Crippen LogP contribution is -2.37. The van der Waals surface area contributed by atoms with Gasteiger partial charge >= 0.3 is 0 Å². The third-order valence-electron chi connectivity index (χ3n) is 4.88. The molecule has 25 heavy (non-hydrogen) atoms. The van der Waals surface area contributed by atoms with Crippen LogP contribution in [0.2, 0.25) is 0 Å². The summed E-state index contributed by atoms with van der Waals surface area (Å²) >= 11 is 0. The first-order valence-electron chi connectivity index (χ1n) is 9.09. The molecular weight excluding hydrogens is 314 g/mol. The van der Waals surface area contributed by atoms with Crippen molar-refractivity contribution in [2.24, 2.45) is 0 Å². The summed E-state index contributed by atoms with van der Waals surface area (Å²) in [5.74, 6) is 3.15. The van der Waals surface area contributed by atoms with Crippen molar-refractivity contribution in [1.82, 2.24) is 14.9 Å². The lowest BCUT2D eigenvalue weighted by atomic mass is 10.1. The molecule has 4 rings (SSSR count). The Labute approximate surface area is 148 Å². The lowest BCUT2D eigenvalue weighted by molar-refractivity contribution is 0.0926. The molecule has 1 fully saturated rings. The van der Waals surface area contributed by atoms with Gasteiger partial charge in [-0.1, -0.05) is 19.9 Å². The van der Waals surface area contributed by atoms with Crippen molar-refractivity contribution in [2.75, 3.05) is 13.1 Å². The maximum absolute atomic E-state index is 6.28. The Morgan fingerprint density at radius 2 is 2.12 bits per heavy atom. The Balaban J connectivity index is 1.33. The Morgan fingerprint density at radius 3 is 2.88 bits per heavy atom. The summed E-state index contributed by atoms with van der Waals surface area (Å²) in [6.45, 7) is 7.05. The van der Waals surface area contributed by atoms with Crippen molar-refractivity contribution in [3.05, 3.63) is 48.3 Å². The van der Waals surface area contributed by atoms with E-state index in [4.69, 9.17) is 9.15 Å². The quantitative estimate of drug-likeness (QED) is 0.752. The fourth-order valence-electron chi connectivity index (χ4n) is 3.38. The summed E-state index contributed by atoms with van der Waals surface area (Å²) in [6, 6.07) is 8.25. The van der Waals surface area contributed by atoms with E-state index in [1.807, 2.05) is 18.5 Å². The summed E-state index contributed by atoms with van der Waals surface area (Å²) in [6.07, 6.45) is 6.14. The third kappa shape index (κ3) is 3.56. The first-order valence-corrected chi connectivity index (χ1v) is 9.09. The summed E-state index contributed by atoms with van der Waals surface area (Å²) in [7, 11) is 0. The molecule has 3 aromatic rings. The number of ether oxygens (including phenoxy) is 1. The number of fused-ring (bicyclic) bond motifs is 1. The molecule has 2 aromatic heterocycles. The Bertz CT molecular complexity index is 828. The minimum atomic E-state index is 0.271. The van der Waals surface area contributed by atoms with Crippen molar-refractivity contribution < 1.29 is 9.15 Å². The maximum atomic E-state index is 6.28. The molecule has 5 heteroatoms. The summed E-state index contributed by atoms with van der Waals surface area (Å²) in [5, 5.41) is 1.16. The predicted molar refractivity (Wildman–Crippen MR) is 97.8 cm³/mol. The Hall–Kier alpha value is -2.27. The zero-order valence-corrected chi connectivity index (χ0v) is 14.9. The molecule has 1 aromatic carbocycles. The van der Waals surface area contributed by atoms with E-state index in [-0.39, 0.29) is 6.10 Å². The number of hydrogen-bond acceptors (Lipinski definition) is 4. The molecule has 0 amide bonds. The van der Waals surface area contributed by atoms with E-state index in [1.165, 1.54) is 0 Å². The van der Waals surface area contributed by atoms with E-state index in [0.717, 1.165) is 60.8 Å². The number of nitrogens with one attached hydrogen (secondary N) is 1. The second-order valence-electron chi connectivity index (χ2n) is 7.10. The number of oxazole rings is 1. The van der Waals surface area contributed by atoms with E-state index < -0.39 is 0 Å². The number of aromatic nitrogens is 2. The minimum Gasteiger partial charge on any atom is -0.490 e. The van der Waals surface area contributed by atoms with Gasteiger partial charge in [-0.15, -0.1) is 0 Å². The number of benzene rings is 1. The highest BCUT2D eigenvalue weighted by atomic mass is 16.5. The normalized spacial score (nSPS) is 16.8. The molecule has 3 heterocycles. The van der Waals surface area contributed by atoms with Crippen molar-refractivity contribution >= 4 is 10.9 Å². The van der Waals surface area contributed by atoms with Gasteiger partial charge in [-0.3, -0.25) is 4.90 Å². The molecule has 0 atom stereocenters. The van der Waals surface area contributed by atoms with Crippen LogP contribution in [0, 0.1) is 0 Å². The van der Waals surface area contributed by atoms with Crippen molar-refractivity contribution in [2.45, 2.75) is 45.3 Å². The minimum absolute atomic E-state index is 0.271. The number of likely N-dealkylation sites (tertiary alicyclic amines) is 1. The summed E-state index contributed by atoms with van der Waals surface area (Å²) in [4.78, 5) is 10.0. The van der Waals surface area contributed by atoms with Gasteiger partial charge in [0, 0.05) is 36.1 Å². The highest BCUT2D eigenvalue weighted by Gasteiger charge is 2.22. The standard InChI is InChI=1S/C20H25N3O2/c1-14(2)19-12-22-20(25-19)13-23-10-7-15(8-11-23)24-18-5-3-4-17-16(18)6-9-21-17/h3-6,9,12,14-15,21H,7-8,10-11,13H2,1-2H3. The second kappa shape index (κ2) is 6.92. The molecule has 1 saturated heterocycles. The molecule has 0 unspecified atom stereocenters. The molecule has 1 aliphatic rings. The van der Waals surface area contributed by atoms with Gasteiger partial charge in [0.1, 0.15) is 17.6 Å². The van der Waals surface area contributed by atoms with Gasteiger partial charge in [0.15, 0.2) is 0 Å². The maximum Gasteiger partial charge on any atom is 0.208 e. The first-order chi connectivity index (χ1) is 12.2. The van der Waals surface area contributed by atoms with E-state index in [2.05, 4.69) is 46.9 Å². The summed E-state index contributed by atoms with van der Waals surface area (Å²) < 4.78 is 12.1. The van der Waals surface area contributed by atoms with E-state index in [0.29, 0.717) is 5.92 Å². The topological polar surface area (TPSA) is 54.3 Å². The van der Waals surface area contributed by atoms with Crippen LogP contribution in [0.15, 0.2) is 41.1 Å². The van der Waals surface area contributed by atoms with Gasteiger partial charge in [0.25, 0.3) is 0 Å². The smallest absolute Gasteiger partial charge is 0.208 e. The Kier molecular flexibility index (Phi) is 4.49. The fraction of sp³-hybridized carbons (Fsp3) is 0.450. The molecule has 0 saturated carbocycles. The number of aromatic amines is 1. The van der Waals surface area contributed by atoms with Gasteiger partial charge in [-0.2, -0.15) is 0 Å². The van der Waals surface area contributed by atoms with Crippen LogP contribution in [-0.4, -0.2) is 34.1 Å². The number of rotatable bonds is 5. The molecule has 5 nitrogen and oxygen atoms in total. The van der Waals surface area contributed by atoms with Crippen LogP contribution < -0.4 is 4.74 Å². The number of H-pyrrole nitrogens is 1. The van der Waals surface area contributed by atoms with Crippen LogP contribution in [0.4, 0.5) is 0 Å². The van der Waals surface area contributed by atoms with E-state index in [1.54, 1.807) is 0 Å². The molecule has 0 bridgehead atoms. The number of nitrogens with zero attached hydrogens (tertiary/aromatic N) is 2.